The maximum Gasteiger partial charge on any atom is 0.261 e. The highest BCUT2D eigenvalue weighted by molar-refractivity contribution is 14.1. The molecule has 2 aromatic carbocycles. The molecule has 0 atom stereocenters. The fourth-order valence-electron chi connectivity index (χ4n) is 1.53. The van der Waals surface area contributed by atoms with Crippen LogP contribution in [-0.4, -0.2) is 8.42 Å². The van der Waals surface area contributed by atoms with Crippen molar-refractivity contribution in [2.24, 2.45) is 0 Å². The van der Waals surface area contributed by atoms with Gasteiger partial charge in [0.15, 0.2) is 0 Å². The second kappa shape index (κ2) is 5.80. The van der Waals surface area contributed by atoms with Crippen molar-refractivity contribution in [3.63, 3.8) is 0 Å². The van der Waals surface area contributed by atoms with E-state index in [2.05, 4.69) is 43.2 Å². The van der Waals surface area contributed by atoms with E-state index in [-0.39, 0.29) is 4.90 Å². The first-order valence-electron chi connectivity index (χ1n) is 5.43. The molecule has 19 heavy (non-hydrogen) atoms. The molecule has 3 nitrogen and oxygen atoms in total. The molecule has 0 amide bonds. The number of rotatable bonds is 3. The fourth-order valence-corrected chi connectivity index (χ4v) is 3.65. The van der Waals surface area contributed by atoms with E-state index in [9.17, 15) is 8.42 Å². The molecule has 0 aromatic heterocycles. The zero-order valence-electron chi connectivity index (χ0n) is 10.0. The Hall–Kier alpha value is -0.600. The number of hydrogen-bond acceptors (Lipinski definition) is 2. The van der Waals surface area contributed by atoms with Gasteiger partial charge in [0.2, 0.25) is 0 Å². The Morgan fingerprint density at radius 2 is 1.84 bits per heavy atom. The second-order valence-electron chi connectivity index (χ2n) is 4.00. The van der Waals surface area contributed by atoms with Crippen molar-refractivity contribution in [2.75, 3.05) is 4.72 Å². The van der Waals surface area contributed by atoms with Gasteiger partial charge in [0.1, 0.15) is 0 Å². The molecule has 0 aliphatic carbocycles. The summed E-state index contributed by atoms with van der Waals surface area (Å²) in [7, 11) is -3.55. The molecule has 6 heteroatoms. The molecule has 0 saturated carbocycles. The standard InChI is InChI=1S/C13H11BrINO2S/c1-9-8-10(6-7-11(9)14)19(17,18)16-13-5-3-2-4-12(13)15/h2-8,16H,1H3. The third-order valence-corrected chi connectivity index (χ3v) is 5.75. The second-order valence-corrected chi connectivity index (χ2v) is 7.70. The third-order valence-electron chi connectivity index (χ3n) is 2.56. The quantitative estimate of drug-likeness (QED) is 0.712. The van der Waals surface area contributed by atoms with Crippen molar-refractivity contribution >= 4 is 54.2 Å². The van der Waals surface area contributed by atoms with Gasteiger partial charge in [-0.3, -0.25) is 4.72 Å². The molecule has 0 bridgehead atoms. The zero-order valence-corrected chi connectivity index (χ0v) is 14.6. The van der Waals surface area contributed by atoms with Crippen LogP contribution < -0.4 is 4.72 Å². The average molecular weight is 452 g/mol. The van der Waals surface area contributed by atoms with Crippen molar-refractivity contribution in [1.29, 1.82) is 0 Å². The topological polar surface area (TPSA) is 46.2 Å². The molecule has 0 saturated heterocycles. The highest BCUT2D eigenvalue weighted by atomic mass is 127. The monoisotopic (exact) mass is 451 g/mol. The van der Waals surface area contributed by atoms with Crippen LogP contribution in [0, 0.1) is 10.5 Å². The van der Waals surface area contributed by atoms with Crippen LogP contribution in [0.3, 0.4) is 0 Å². The third kappa shape index (κ3) is 3.49. The van der Waals surface area contributed by atoms with E-state index in [0.717, 1.165) is 13.6 Å². The minimum absolute atomic E-state index is 0.257. The Morgan fingerprint density at radius 1 is 1.16 bits per heavy atom. The van der Waals surface area contributed by atoms with E-state index in [1.165, 1.54) is 0 Å². The summed E-state index contributed by atoms with van der Waals surface area (Å²) in [5.74, 6) is 0. The smallest absolute Gasteiger partial charge is 0.261 e. The lowest BCUT2D eigenvalue weighted by Crippen LogP contribution is -2.13. The Bertz CT molecular complexity index is 716. The molecule has 0 radical (unpaired) electrons. The normalized spacial score (nSPS) is 11.3. The lowest BCUT2D eigenvalue weighted by Gasteiger charge is -2.10. The number of anilines is 1. The zero-order chi connectivity index (χ0) is 14.0. The van der Waals surface area contributed by atoms with Crippen LogP contribution in [0.25, 0.3) is 0 Å². The van der Waals surface area contributed by atoms with Gasteiger partial charge in [-0.2, -0.15) is 0 Å². The van der Waals surface area contributed by atoms with Gasteiger partial charge in [0.05, 0.1) is 10.6 Å². The maximum atomic E-state index is 12.3. The molecule has 0 aliphatic rings. The summed E-state index contributed by atoms with van der Waals surface area (Å²) in [6.07, 6.45) is 0. The highest BCUT2D eigenvalue weighted by Crippen LogP contribution is 2.24. The van der Waals surface area contributed by atoms with Crippen molar-refractivity contribution in [3.05, 3.63) is 56.1 Å². The Kier molecular flexibility index (Phi) is 4.52. The molecule has 0 fully saturated rings. The molecular formula is C13H11BrINO2S. The van der Waals surface area contributed by atoms with Gasteiger partial charge in [-0.15, -0.1) is 0 Å². The summed E-state index contributed by atoms with van der Waals surface area (Å²) in [5, 5.41) is 0. The van der Waals surface area contributed by atoms with Crippen LogP contribution in [0.2, 0.25) is 0 Å². The molecule has 1 N–H and O–H groups in total. The van der Waals surface area contributed by atoms with Crippen LogP contribution in [0.1, 0.15) is 5.56 Å². The lowest BCUT2D eigenvalue weighted by molar-refractivity contribution is 0.601. The van der Waals surface area contributed by atoms with Gasteiger partial charge >= 0.3 is 0 Å². The van der Waals surface area contributed by atoms with Gasteiger partial charge in [-0.25, -0.2) is 8.42 Å². The van der Waals surface area contributed by atoms with Crippen molar-refractivity contribution in [1.82, 2.24) is 0 Å². The van der Waals surface area contributed by atoms with E-state index < -0.39 is 10.0 Å². The van der Waals surface area contributed by atoms with Crippen LogP contribution >= 0.6 is 38.5 Å². The number of para-hydroxylation sites is 1. The molecule has 0 spiro atoms. The number of halogens is 2. The van der Waals surface area contributed by atoms with E-state index >= 15 is 0 Å². The summed E-state index contributed by atoms with van der Waals surface area (Å²) in [6, 6.07) is 12.2. The molecular weight excluding hydrogens is 441 g/mol. The predicted molar refractivity (Wildman–Crippen MR) is 88.8 cm³/mol. The first-order valence-corrected chi connectivity index (χ1v) is 8.79. The number of sulfonamides is 1. The minimum atomic E-state index is -3.55. The summed E-state index contributed by atoms with van der Waals surface area (Å²) in [4.78, 5) is 0.257. The van der Waals surface area contributed by atoms with Gasteiger partial charge in [0.25, 0.3) is 10.0 Å². The molecule has 100 valence electrons. The van der Waals surface area contributed by atoms with Crippen LogP contribution in [0.5, 0.6) is 0 Å². The molecule has 0 heterocycles. The predicted octanol–water partition coefficient (Wildman–Crippen LogP) is 4.16. The van der Waals surface area contributed by atoms with Crippen LogP contribution in [0.15, 0.2) is 51.8 Å². The minimum Gasteiger partial charge on any atom is -0.279 e. The van der Waals surface area contributed by atoms with E-state index in [1.54, 1.807) is 30.3 Å². The van der Waals surface area contributed by atoms with E-state index in [0.29, 0.717) is 5.69 Å². The summed E-state index contributed by atoms with van der Waals surface area (Å²) in [5.41, 5.74) is 1.47. The van der Waals surface area contributed by atoms with Crippen molar-refractivity contribution in [2.45, 2.75) is 11.8 Å². The first-order chi connectivity index (χ1) is 8.90. The van der Waals surface area contributed by atoms with Gasteiger partial charge < -0.3 is 0 Å². The molecule has 2 rings (SSSR count). The summed E-state index contributed by atoms with van der Waals surface area (Å²) >= 11 is 5.46. The van der Waals surface area contributed by atoms with Gasteiger partial charge in [-0.1, -0.05) is 28.1 Å². The Balaban J connectivity index is 2.38. The van der Waals surface area contributed by atoms with E-state index in [4.69, 9.17) is 0 Å². The largest absolute Gasteiger partial charge is 0.279 e. The summed E-state index contributed by atoms with van der Waals surface area (Å²) in [6.45, 7) is 1.86. The average Bonchev–Trinajstić information content (AvgIpc) is 2.35. The van der Waals surface area contributed by atoms with Gasteiger partial charge in [0, 0.05) is 8.04 Å². The highest BCUT2D eigenvalue weighted by Gasteiger charge is 2.16. The lowest BCUT2D eigenvalue weighted by atomic mass is 10.2. The molecule has 2 aromatic rings. The number of aryl methyl sites for hydroxylation is 1. The van der Waals surface area contributed by atoms with Crippen molar-refractivity contribution < 1.29 is 8.42 Å². The Labute approximate surface area is 134 Å². The van der Waals surface area contributed by atoms with Gasteiger partial charge in [-0.05, 0) is 65.4 Å². The Morgan fingerprint density at radius 3 is 2.47 bits per heavy atom. The van der Waals surface area contributed by atoms with E-state index in [1.807, 2.05) is 19.1 Å². The van der Waals surface area contributed by atoms with Crippen LogP contribution in [-0.2, 0) is 10.0 Å². The fraction of sp³-hybridized carbons (Fsp3) is 0.0769. The first kappa shape index (κ1) is 14.8. The number of benzene rings is 2. The number of hydrogen-bond donors (Lipinski definition) is 1. The number of nitrogens with one attached hydrogen (secondary N) is 1. The molecule has 0 unspecified atom stereocenters. The van der Waals surface area contributed by atoms with Crippen molar-refractivity contribution in [3.8, 4) is 0 Å². The SMILES string of the molecule is Cc1cc(S(=O)(=O)Nc2ccccc2I)ccc1Br. The molecule has 0 aliphatic heterocycles. The maximum absolute atomic E-state index is 12.3. The van der Waals surface area contributed by atoms with Crippen LogP contribution in [0.4, 0.5) is 5.69 Å². The summed E-state index contributed by atoms with van der Waals surface area (Å²) < 4.78 is 28.9.